The normalized spacial score (nSPS) is 13.8. The molecule has 1 aliphatic rings. The number of aromatic nitrogens is 2. The lowest BCUT2D eigenvalue weighted by Crippen LogP contribution is -2.31. The number of carbonyl (C=O) groups excluding carboxylic acids is 1. The molecule has 4 nitrogen and oxygen atoms in total. The van der Waals surface area contributed by atoms with Crippen LogP contribution in [0.4, 0.5) is 5.69 Å². The maximum atomic E-state index is 12.8. The third kappa shape index (κ3) is 2.22. The number of aryl methyl sites for hydroxylation is 1. The van der Waals surface area contributed by atoms with Gasteiger partial charge in [0.25, 0.3) is 5.91 Å². The van der Waals surface area contributed by atoms with Crippen LogP contribution in [-0.2, 0) is 12.8 Å². The van der Waals surface area contributed by atoms with E-state index in [0.29, 0.717) is 12.2 Å². The number of hydrogen-bond donors (Lipinski definition) is 1. The van der Waals surface area contributed by atoms with E-state index in [4.69, 9.17) is 0 Å². The molecule has 20 heavy (non-hydrogen) atoms. The predicted octanol–water partition coefficient (Wildman–Crippen LogP) is 2.96. The number of H-pyrrole nitrogens is 1. The van der Waals surface area contributed by atoms with Crippen LogP contribution in [0.15, 0.2) is 30.3 Å². The largest absolute Gasteiger partial charge is 0.307 e. The van der Waals surface area contributed by atoms with Crippen molar-refractivity contribution in [2.24, 2.45) is 0 Å². The van der Waals surface area contributed by atoms with Gasteiger partial charge in [-0.2, -0.15) is 5.10 Å². The molecule has 3 rings (SSSR count). The summed E-state index contributed by atoms with van der Waals surface area (Å²) < 4.78 is 0. The second-order valence-electron chi connectivity index (χ2n) is 5.12. The van der Waals surface area contributed by atoms with Crippen molar-refractivity contribution in [3.8, 4) is 0 Å². The van der Waals surface area contributed by atoms with Gasteiger partial charge in [0.1, 0.15) is 0 Å². The van der Waals surface area contributed by atoms with E-state index in [1.165, 1.54) is 6.42 Å². The summed E-state index contributed by atoms with van der Waals surface area (Å²) in [5.41, 5.74) is 3.79. The topological polar surface area (TPSA) is 49.0 Å². The molecule has 1 aliphatic carbocycles. The fourth-order valence-electron chi connectivity index (χ4n) is 2.84. The number of hydrogen-bond acceptors (Lipinski definition) is 2. The fourth-order valence-corrected chi connectivity index (χ4v) is 2.84. The van der Waals surface area contributed by atoms with Gasteiger partial charge in [0.15, 0.2) is 5.69 Å². The SMILES string of the molecule is CCN(C(=O)c1n[nH]c2c1CCCC2)c1ccccc1. The molecule has 0 atom stereocenters. The van der Waals surface area contributed by atoms with E-state index in [0.717, 1.165) is 36.2 Å². The number of anilines is 1. The summed E-state index contributed by atoms with van der Waals surface area (Å²) in [5.74, 6) is -0.00176. The third-order valence-corrected chi connectivity index (χ3v) is 3.89. The number of carbonyl (C=O) groups is 1. The Kier molecular flexibility index (Phi) is 3.54. The average Bonchev–Trinajstić information content (AvgIpc) is 2.93. The summed E-state index contributed by atoms with van der Waals surface area (Å²) in [6.45, 7) is 2.63. The highest BCUT2D eigenvalue weighted by molar-refractivity contribution is 6.05. The van der Waals surface area contributed by atoms with E-state index < -0.39 is 0 Å². The van der Waals surface area contributed by atoms with Gasteiger partial charge in [-0.3, -0.25) is 9.89 Å². The van der Waals surface area contributed by atoms with E-state index in [1.807, 2.05) is 37.3 Å². The molecule has 1 N–H and O–H groups in total. The van der Waals surface area contributed by atoms with Crippen LogP contribution in [0.3, 0.4) is 0 Å². The standard InChI is InChI=1S/C16H19N3O/c1-2-19(12-8-4-3-5-9-12)16(20)15-13-10-6-7-11-14(13)17-18-15/h3-5,8-9H,2,6-7,10-11H2,1H3,(H,17,18). The van der Waals surface area contributed by atoms with Crippen LogP contribution >= 0.6 is 0 Å². The quantitative estimate of drug-likeness (QED) is 0.931. The number of rotatable bonds is 3. The Morgan fingerprint density at radius 2 is 2.00 bits per heavy atom. The molecule has 0 saturated carbocycles. The maximum Gasteiger partial charge on any atom is 0.279 e. The smallest absolute Gasteiger partial charge is 0.279 e. The van der Waals surface area contributed by atoms with Crippen LogP contribution in [0.25, 0.3) is 0 Å². The van der Waals surface area contributed by atoms with Crippen molar-refractivity contribution in [1.82, 2.24) is 10.2 Å². The van der Waals surface area contributed by atoms with Crippen LogP contribution in [-0.4, -0.2) is 22.6 Å². The Bertz CT molecular complexity index is 603. The molecule has 1 heterocycles. The van der Waals surface area contributed by atoms with Crippen molar-refractivity contribution in [3.05, 3.63) is 47.3 Å². The summed E-state index contributed by atoms with van der Waals surface area (Å²) in [6.07, 6.45) is 4.29. The number of benzene rings is 1. The number of nitrogens with one attached hydrogen (secondary N) is 1. The highest BCUT2D eigenvalue weighted by Gasteiger charge is 2.25. The van der Waals surface area contributed by atoms with E-state index in [-0.39, 0.29) is 5.91 Å². The van der Waals surface area contributed by atoms with Crippen LogP contribution in [0.2, 0.25) is 0 Å². The monoisotopic (exact) mass is 269 g/mol. The Labute approximate surface area is 118 Å². The molecule has 0 fully saturated rings. The lowest BCUT2D eigenvalue weighted by molar-refractivity contribution is 0.0982. The number of fused-ring (bicyclic) bond motifs is 1. The minimum Gasteiger partial charge on any atom is -0.307 e. The van der Waals surface area contributed by atoms with Gasteiger partial charge in [-0.1, -0.05) is 18.2 Å². The Morgan fingerprint density at radius 1 is 1.25 bits per heavy atom. The van der Waals surface area contributed by atoms with Gasteiger partial charge in [0.05, 0.1) is 0 Å². The molecular weight excluding hydrogens is 250 g/mol. The molecule has 0 unspecified atom stereocenters. The number of para-hydroxylation sites is 1. The highest BCUT2D eigenvalue weighted by atomic mass is 16.2. The molecule has 1 aromatic carbocycles. The van der Waals surface area contributed by atoms with Gasteiger partial charge in [-0.05, 0) is 44.7 Å². The van der Waals surface area contributed by atoms with Gasteiger partial charge in [-0.25, -0.2) is 0 Å². The van der Waals surface area contributed by atoms with Gasteiger partial charge < -0.3 is 4.90 Å². The number of nitrogens with zero attached hydrogens (tertiary/aromatic N) is 2. The average molecular weight is 269 g/mol. The minimum atomic E-state index is -0.00176. The Hall–Kier alpha value is -2.10. The molecule has 1 aromatic heterocycles. The Morgan fingerprint density at radius 3 is 2.75 bits per heavy atom. The summed E-state index contributed by atoms with van der Waals surface area (Å²) in [6, 6.07) is 9.77. The van der Waals surface area contributed by atoms with Crippen molar-refractivity contribution < 1.29 is 4.79 Å². The van der Waals surface area contributed by atoms with Crippen molar-refractivity contribution in [1.29, 1.82) is 0 Å². The maximum absolute atomic E-state index is 12.8. The Balaban J connectivity index is 1.93. The van der Waals surface area contributed by atoms with Crippen LogP contribution < -0.4 is 4.90 Å². The van der Waals surface area contributed by atoms with E-state index in [1.54, 1.807) is 4.90 Å². The summed E-state index contributed by atoms with van der Waals surface area (Å²) in [5, 5.41) is 7.32. The number of aromatic amines is 1. The summed E-state index contributed by atoms with van der Waals surface area (Å²) in [7, 11) is 0. The van der Waals surface area contributed by atoms with Crippen LogP contribution in [0, 0.1) is 0 Å². The molecule has 0 spiro atoms. The minimum absolute atomic E-state index is 0.00176. The first-order chi connectivity index (χ1) is 9.81. The first kappa shape index (κ1) is 12.9. The van der Waals surface area contributed by atoms with Crippen molar-refractivity contribution in [3.63, 3.8) is 0 Å². The molecule has 0 saturated heterocycles. The van der Waals surface area contributed by atoms with Gasteiger partial charge in [0, 0.05) is 23.5 Å². The van der Waals surface area contributed by atoms with Crippen LogP contribution in [0.1, 0.15) is 41.5 Å². The molecule has 0 radical (unpaired) electrons. The van der Waals surface area contributed by atoms with Crippen molar-refractivity contribution in [2.75, 3.05) is 11.4 Å². The number of amides is 1. The highest BCUT2D eigenvalue weighted by Crippen LogP contribution is 2.24. The molecular formula is C16H19N3O. The lowest BCUT2D eigenvalue weighted by Gasteiger charge is -2.21. The van der Waals surface area contributed by atoms with Gasteiger partial charge in [-0.15, -0.1) is 0 Å². The zero-order valence-corrected chi connectivity index (χ0v) is 11.7. The molecule has 104 valence electrons. The second-order valence-corrected chi connectivity index (χ2v) is 5.12. The van der Waals surface area contributed by atoms with Crippen molar-refractivity contribution in [2.45, 2.75) is 32.6 Å². The molecule has 0 bridgehead atoms. The summed E-state index contributed by atoms with van der Waals surface area (Å²) in [4.78, 5) is 14.5. The molecule has 1 amide bonds. The zero-order valence-electron chi connectivity index (χ0n) is 11.7. The predicted molar refractivity (Wildman–Crippen MR) is 79.0 cm³/mol. The van der Waals surface area contributed by atoms with Crippen molar-refractivity contribution >= 4 is 11.6 Å². The summed E-state index contributed by atoms with van der Waals surface area (Å²) >= 11 is 0. The third-order valence-electron chi connectivity index (χ3n) is 3.89. The van der Waals surface area contributed by atoms with Gasteiger partial charge in [0.2, 0.25) is 0 Å². The second kappa shape index (κ2) is 5.49. The van der Waals surface area contributed by atoms with E-state index in [9.17, 15) is 4.79 Å². The molecule has 0 aliphatic heterocycles. The first-order valence-corrected chi connectivity index (χ1v) is 7.24. The van der Waals surface area contributed by atoms with Crippen LogP contribution in [0.5, 0.6) is 0 Å². The molecule has 2 aromatic rings. The van der Waals surface area contributed by atoms with E-state index >= 15 is 0 Å². The molecule has 4 heteroatoms. The fraction of sp³-hybridized carbons (Fsp3) is 0.375. The van der Waals surface area contributed by atoms with Gasteiger partial charge >= 0.3 is 0 Å². The first-order valence-electron chi connectivity index (χ1n) is 7.24. The lowest BCUT2D eigenvalue weighted by atomic mass is 9.95. The van der Waals surface area contributed by atoms with E-state index in [2.05, 4.69) is 10.2 Å². The zero-order chi connectivity index (χ0) is 13.9.